The first-order valence-corrected chi connectivity index (χ1v) is 8.15. The van der Waals surface area contributed by atoms with Gasteiger partial charge in [-0.25, -0.2) is 0 Å². The highest BCUT2D eigenvalue weighted by Crippen LogP contribution is 2.42. The van der Waals surface area contributed by atoms with Crippen LogP contribution in [0.1, 0.15) is 12.5 Å². The van der Waals surface area contributed by atoms with Crippen molar-refractivity contribution in [2.75, 3.05) is 5.73 Å². The van der Waals surface area contributed by atoms with Crippen LogP contribution in [0, 0.1) is 0 Å². The van der Waals surface area contributed by atoms with E-state index in [9.17, 15) is 0 Å². The molecule has 110 valence electrons. The first-order chi connectivity index (χ1) is 11.3. The maximum absolute atomic E-state index is 6.31. The van der Waals surface area contributed by atoms with Crippen molar-refractivity contribution >= 4 is 48.8 Å². The summed E-state index contributed by atoms with van der Waals surface area (Å²) in [6.45, 7) is 2.20. The first kappa shape index (κ1) is 12.7. The minimum atomic E-state index is 0.867. The van der Waals surface area contributed by atoms with Crippen LogP contribution in [0.3, 0.4) is 0 Å². The van der Waals surface area contributed by atoms with Gasteiger partial charge in [-0.15, -0.1) is 0 Å². The molecule has 2 N–H and O–H groups in total. The maximum Gasteiger partial charge on any atom is 0.0394 e. The molecule has 0 saturated heterocycles. The van der Waals surface area contributed by atoms with Crippen molar-refractivity contribution in [3.63, 3.8) is 0 Å². The fourth-order valence-corrected chi connectivity index (χ4v) is 4.00. The predicted molar refractivity (Wildman–Crippen MR) is 101 cm³/mol. The van der Waals surface area contributed by atoms with Crippen LogP contribution in [0.15, 0.2) is 60.7 Å². The smallest absolute Gasteiger partial charge is 0.0394 e. The van der Waals surface area contributed by atoms with E-state index in [0.29, 0.717) is 0 Å². The monoisotopic (exact) mass is 295 g/mol. The van der Waals surface area contributed by atoms with E-state index in [1.54, 1.807) is 0 Å². The van der Waals surface area contributed by atoms with Gasteiger partial charge in [0, 0.05) is 11.1 Å². The van der Waals surface area contributed by atoms with Crippen LogP contribution in [0.25, 0.3) is 43.1 Å². The Hall–Kier alpha value is -2.80. The highest BCUT2D eigenvalue weighted by atomic mass is 14.5. The summed E-state index contributed by atoms with van der Waals surface area (Å²) < 4.78 is 0. The average Bonchev–Trinajstić information content (AvgIpc) is 2.60. The molecule has 1 nitrogen and oxygen atoms in total. The Morgan fingerprint density at radius 2 is 1.35 bits per heavy atom. The molecule has 0 aliphatic heterocycles. The Morgan fingerprint density at radius 1 is 0.696 bits per heavy atom. The summed E-state index contributed by atoms with van der Waals surface area (Å²) in [6, 6.07) is 22.0. The molecular weight excluding hydrogens is 278 g/mol. The highest BCUT2D eigenvalue weighted by molar-refractivity contribution is 6.34. The van der Waals surface area contributed by atoms with Gasteiger partial charge in [-0.05, 0) is 61.8 Å². The number of aryl methyl sites for hydroxylation is 1. The van der Waals surface area contributed by atoms with E-state index in [-0.39, 0.29) is 0 Å². The van der Waals surface area contributed by atoms with Crippen LogP contribution in [0.2, 0.25) is 0 Å². The summed E-state index contributed by atoms with van der Waals surface area (Å²) in [6.07, 6.45) is 1.02. The Balaban J connectivity index is 2.23. The van der Waals surface area contributed by atoms with Crippen molar-refractivity contribution in [1.82, 2.24) is 0 Å². The molecule has 0 aliphatic rings. The van der Waals surface area contributed by atoms with Crippen LogP contribution in [-0.2, 0) is 6.42 Å². The van der Waals surface area contributed by atoms with E-state index in [0.717, 1.165) is 12.1 Å². The second kappa shape index (κ2) is 4.36. The number of nitrogens with two attached hydrogens (primary N) is 1. The second-order valence-electron chi connectivity index (χ2n) is 6.33. The number of rotatable bonds is 1. The molecule has 0 amide bonds. The molecule has 5 aromatic rings. The summed E-state index contributed by atoms with van der Waals surface area (Å²) in [5, 5.41) is 10.4. The molecule has 5 rings (SSSR count). The Kier molecular flexibility index (Phi) is 2.41. The molecule has 0 radical (unpaired) electrons. The second-order valence-corrected chi connectivity index (χ2v) is 6.33. The summed E-state index contributed by atoms with van der Waals surface area (Å²) >= 11 is 0. The van der Waals surface area contributed by atoms with Crippen molar-refractivity contribution in [2.45, 2.75) is 13.3 Å². The lowest BCUT2D eigenvalue weighted by Gasteiger charge is -2.16. The summed E-state index contributed by atoms with van der Waals surface area (Å²) in [7, 11) is 0. The number of hydrogen-bond donors (Lipinski definition) is 1. The fourth-order valence-electron chi connectivity index (χ4n) is 4.00. The van der Waals surface area contributed by atoms with E-state index < -0.39 is 0 Å². The Labute approximate surface area is 134 Å². The molecule has 0 spiro atoms. The van der Waals surface area contributed by atoms with Crippen LogP contribution < -0.4 is 5.73 Å². The molecule has 0 heterocycles. The molecular formula is C22H17N. The van der Waals surface area contributed by atoms with Gasteiger partial charge in [-0.3, -0.25) is 0 Å². The van der Waals surface area contributed by atoms with Gasteiger partial charge in [0.25, 0.3) is 0 Å². The predicted octanol–water partition coefficient (Wildman–Crippen LogP) is 5.88. The lowest BCUT2D eigenvalue weighted by atomic mass is 9.88. The van der Waals surface area contributed by atoms with Gasteiger partial charge >= 0.3 is 0 Å². The van der Waals surface area contributed by atoms with Gasteiger partial charge in [0.1, 0.15) is 0 Å². The van der Waals surface area contributed by atoms with E-state index >= 15 is 0 Å². The van der Waals surface area contributed by atoms with Crippen molar-refractivity contribution in [3.8, 4) is 0 Å². The zero-order valence-electron chi connectivity index (χ0n) is 13.1. The summed E-state index contributed by atoms with van der Waals surface area (Å²) in [5.74, 6) is 0. The summed E-state index contributed by atoms with van der Waals surface area (Å²) in [5.41, 5.74) is 8.52. The van der Waals surface area contributed by atoms with E-state index in [1.807, 2.05) is 6.07 Å². The molecule has 0 aromatic heterocycles. The minimum Gasteiger partial charge on any atom is -0.398 e. The maximum atomic E-state index is 6.31. The lowest BCUT2D eigenvalue weighted by Crippen LogP contribution is -1.93. The molecule has 0 saturated carbocycles. The van der Waals surface area contributed by atoms with Crippen molar-refractivity contribution in [1.29, 1.82) is 0 Å². The van der Waals surface area contributed by atoms with E-state index in [4.69, 9.17) is 5.73 Å². The number of hydrogen-bond acceptors (Lipinski definition) is 1. The molecule has 0 atom stereocenters. The molecule has 0 unspecified atom stereocenters. The molecule has 0 bridgehead atoms. The Bertz CT molecular complexity index is 1200. The minimum absolute atomic E-state index is 0.867. The quantitative estimate of drug-likeness (QED) is 0.233. The molecule has 5 aromatic carbocycles. The van der Waals surface area contributed by atoms with Crippen LogP contribution in [0.4, 0.5) is 5.69 Å². The lowest BCUT2D eigenvalue weighted by molar-refractivity contribution is 1.15. The van der Waals surface area contributed by atoms with Crippen LogP contribution in [0.5, 0.6) is 0 Å². The van der Waals surface area contributed by atoms with E-state index in [2.05, 4.69) is 61.5 Å². The van der Waals surface area contributed by atoms with Crippen molar-refractivity contribution in [3.05, 3.63) is 66.2 Å². The SMILES string of the molecule is CCc1cc2c(N)ccc3c4cccc5cccc(c(c1)c23)c54. The first-order valence-electron chi connectivity index (χ1n) is 8.15. The molecule has 23 heavy (non-hydrogen) atoms. The number of benzene rings is 5. The standard InChI is InChI=1S/C22H17N/c1-2-13-11-18-16-8-4-6-14-5-3-7-15(21(14)16)17-9-10-20(23)19(12-13)22(17)18/h3-12H,2,23H2,1H3. The zero-order valence-corrected chi connectivity index (χ0v) is 13.1. The van der Waals surface area contributed by atoms with Gasteiger partial charge in [-0.1, -0.05) is 55.5 Å². The van der Waals surface area contributed by atoms with Crippen LogP contribution >= 0.6 is 0 Å². The van der Waals surface area contributed by atoms with Crippen molar-refractivity contribution < 1.29 is 0 Å². The summed E-state index contributed by atoms with van der Waals surface area (Å²) in [4.78, 5) is 0. The number of anilines is 1. The highest BCUT2D eigenvalue weighted by Gasteiger charge is 2.14. The van der Waals surface area contributed by atoms with Gasteiger partial charge in [0.2, 0.25) is 0 Å². The Morgan fingerprint density at radius 3 is 2.09 bits per heavy atom. The van der Waals surface area contributed by atoms with Gasteiger partial charge in [0.15, 0.2) is 0 Å². The molecule has 1 heteroatoms. The van der Waals surface area contributed by atoms with E-state index in [1.165, 1.54) is 48.7 Å². The van der Waals surface area contributed by atoms with Crippen molar-refractivity contribution in [2.24, 2.45) is 0 Å². The number of nitrogen functional groups attached to an aromatic ring is 1. The topological polar surface area (TPSA) is 26.0 Å². The largest absolute Gasteiger partial charge is 0.398 e. The number of fused-ring (bicyclic) bond motifs is 2. The van der Waals surface area contributed by atoms with Crippen LogP contribution in [-0.4, -0.2) is 0 Å². The molecule has 0 aliphatic carbocycles. The van der Waals surface area contributed by atoms with Gasteiger partial charge < -0.3 is 5.73 Å². The molecule has 0 fully saturated rings. The van der Waals surface area contributed by atoms with Gasteiger partial charge in [-0.2, -0.15) is 0 Å². The third kappa shape index (κ3) is 1.57. The normalized spacial score (nSPS) is 12.0. The average molecular weight is 295 g/mol. The van der Waals surface area contributed by atoms with Gasteiger partial charge in [0.05, 0.1) is 0 Å². The third-order valence-electron chi connectivity index (χ3n) is 5.10. The zero-order chi connectivity index (χ0) is 15.6. The fraction of sp³-hybridized carbons (Fsp3) is 0.0909. The third-order valence-corrected chi connectivity index (χ3v) is 5.10.